The van der Waals surface area contributed by atoms with Crippen molar-refractivity contribution in [2.75, 3.05) is 0 Å². The Bertz CT molecular complexity index is 491. The number of aryl methyl sites for hydroxylation is 1. The van der Waals surface area contributed by atoms with E-state index in [4.69, 9.17) is 9.52 Å². The van der Waals surface area contributed by atoms with Crippen molar-refractivity contribution in [3.8, 4) is 0 Å². The molecular weight excluding hydrogens is 246 g/mol. The average molecular weight is 265 g/mol. The minimum Gasteiger partial charge on any atom is -0.481 e. The molecule has 2 rings (SSSR count). The first-order valence-corrected chi connectivity index (χ1v) is 6.48. The number of rotatable bonds is 5. The molecular formula is C14H19NO4. The Labute approximate surface area is 112 Å². The molecule has 0 radical (unpaired) electrons. The molecule has 0 saturated heterocycles. The van der Waals surface area contributed by atoms with Gasteiger partial charge in [-0.1, -0.05) is 0 Å². The molecule has 1 aliphatic rings. The van der Waals surface area contributed by atoms with Crippen molar-refractivity contribution >= 4 is 11.9 Å². The smallest absolute Gasteiger partial charge is 0.307 e. The van der Waals surface area contributed by atoms with Crippen LogP contribution < -0.4 is 0 Å². The number of nitrogens with zero attached hydrogens (tertiary/aromatic N) is 1. The van der Waals surface area contributed by atoms with E-state index in [1.54, 1.807) is 4.90 Å². The third-order valence-corrected chi connectivity index (χ3v) is 3.45. The van der Waals surface area contributed by atoms with Gasteiger partial charge in [0.25, 0.3) is 0 Å². The molecule has 1 fully saturated rings. The van der Waals surface area contributed by atoms with Crippen molar-refractivity contribution in [2.45, 2.75) is 39.8 Å². The van der Waals surface area contributed by atoms with Crippen LogP contribution in [0.25, 0.3) is 0 Å². The number of furan rings is 1. The Balaban J connectivity index is 2.04. The summed E-state index contributed by atoms with van der Waals surface area (Å²) in [5.41, 5.74) is 0. The fourth-order valence-corrected chi connectivity index (χ4v) is 2.21. The first-order chi connectivity index (χ1) is 8.90. The number of hydrogen-bond acceptors (Lipinski definition) is 3. The fourth-order valence-electron chi connectivity index (χ4n) is 2.21. The highest BCUT2D eigenvalue weighted by atomic mass is 16.4. The van der Waals surface area contributed by atoms with Crippen LogP contribution >= 0.6 is 0 Å². The third kappa shape index (κ3) is 2.97. The molecule has 1 aromatic heterocycles. The second-order valence-corrected chi connectivity index (χ2v) is 5.36. The molecule has 1 heterocycles. The lowest BCUT2D eigenvalue weighted by molar-refractivity contribution is -0.142. The summed E-state index contributed by atoms with van der Waals surface area (Å²) < 4.78 is 5.48. The van der Waals surface area contributed by atoms with E-state index in [1.807, 2.05) is 32.9 Å². The highest BCUT2D eigenvalue weighted by molar-refractivity contribution is 5.89. The fraction of sp³-hybridized carbons (Fsp3) is 0.571. The van der Waals surface area contributed by atoms with Crippen LogP contribution in [0.4, 0.5) is 0 Å². The summed E-state index contributed by atoms with van der Waals surface area (Å²) >= 11 is 0. The highest BCUT2D eigenvalue weighted by Gasteiger charge is 2.50. The van der Waals surface area contributed by atoms with Crippen molar-refractivity contribution in [1.82, 2.24) is 4.90 Å². The van der Waals surface area contributed by atoms with E-state index in [0.717, 1.165) is 11.5 Å². The summed E-state index contributed by atoms with van der Waals surface area (Å²) in [7, 11) is 0. The van der Waals surface area contributed by atoms with Crippen LogP contribution in [0.3, 0.4) is 0 Å². The summed E-state index contributed by atoms with van der Waals surface area (Å²) in [4.78, 5) is 24.8. The lowest BCUT2D eigenvalue weighted by Crippen LogP contribution is -2.38. The Hall–Kier alpha value is -1.78. The molecule has 1 aromatic rings. The number of carbonyl (C=O) groups excluding carboxylic acids is 1. The topological polar surface area (TPSA) is 70.8 Å². The normalized spacial score (nSPS) is 21.5. The average Bonchev–Trinajstić information content (AvgIpc) is 3.03. The van der Waals surface area contributed by atoms with Crippen LogP contribution in [-0.4, -0.2) is 27.9 Å². The number of carbonyl (C=O) groups is 2. The molecule has 1 N–H and O–H groups in total. The molecule has 1 aliphatic carbocycles. The van der Waals surface area contributed by atoms with Crippen molar-refractivity contribution in [3.05, 3.63) is 23.7 Å². The van der Waals surface area contributed by atoms with Gasteiger partial charge in [0.1, 0.15) is 11.5 Å². The molecule has 1 amide bonds. The molecule has 0 bridgehead atoms. The summed E-state index contributed by atoms with van der Waals surface area (Å²) in [5.74, 6) is -0.302. The van der Waals surface area contributed by atoms with Gasteiger partial charge >= 0.3 is 5.97 Å². The Morgan fingerprint density at radius 1 is 1.42 bits per heavy atom. The van der Waals surface area contributed by atoms with Crippen LogP contribution in [0.2, 0.25) is 0 Å². The molecule has 19 heavy (non-hydrogen) atoms. The first kappa shape index (κ1) is 13.6. The molecule has 0 spiro atoms. The van der Waals surface area contributed by atoms with E-state index >= 15 is 0 Å². The van der Waals surface area contributed by atoms with Gasteiger partial charge in [0.2, 0.25) is 5.91 Å². The Kier molecular flexibility index (Phi) is 3.64. The summed E-state index contributed by atoms with van der Waals surface area (Å²) in [6, 6.07) is 3.72. The molecule has 1 saturated carbocycles. The largest absolute Gasteiger partial charge is 0.481 e. The van der Waals surface area contributed by atoms with E-state index in [1.165, 1.54) is 0 Å². The van der Waals surface area contributed by atoms with Crippen molar-refractivity contribution in [1.29, 1.82) is 0 Å². The van der Waals surface area contributed by atoms with Gasteiger partial charge in [0.05, 0.1) is 18.4 Å². The lowest BCUT2D eigenvalue weighted by Gasteiger charge is -2.26. The Morgan fingerprint density at radius 2 is 2.11 bits per heavy atom. The van der Waals surface area contributed by atoms with Crippen LogP contribution in [0.5, 0.6) is 0 Å². The minimum absolute atomic E-state index is 0.0213. The van der Waals surface area contributed by atoms with Crippen LogP contribution in [0, 0.1) is 18.8 Å². The number of amides is 1. The summed E-state index contributed by atoms with van der Waals surface area (Å²) in [6.07, 6.45) is 0.453. The quantitative estimate of drug-likeness (QED) is 0.884. The first-order valence-electron chi connectivity index (χ1n) is 6.48. The molecule has 2 atom stereocenters. The second-order valence-electron chi connectivity index (χ2n) is 5.36. The summed E-state index contributed by atoms with van der Waals surface area (Å²) in [6.45, 7) is 6.09. The van der Waals surface area contributed by atoms with Gasteiger partial charge in [-0.25, -0.2) is 0 Å². The number of hydrogen-bond donors (Lipinski definition) is 1. The SMILES string of the molecule is Cc1ccc(CN(C(=O)[C@@H]2C[C@@H]2C(=O)O)C(C)C)o1. The maximum Gasteiger partial charge on any atom is 0.307 e. The molecule has 5 nitrogen and oxygen atoms in total. The van der Waals surface area contributed by atoms with E-state index in [9.17, 15) is 9.59 Å². The molecule has 0 aromatic carbocycles. The number of aliphatic carboxylic acids is 1. The number of carboxylic acid groups (broad SMARTS) is 1. The van der Waals surface area contributed by atoms with Crippen molar-refractivity contribution in [2.24, 2.45) is 11.8 Å². The van der Waals surface area contributed by atoms with E-state index < -0.39 is 11.9 Å². The maximum atomic E-state index is 12.3. The predicted octanol–water partition coefficient (Wildman–Crippen LogP) is 2.05. The van der Waals surface area contributed by atoms with Crippen LogP contribution in [0.15, 0.2) is 16.5 Å². The van der Waals surface area contributed by atoms with E-state index in [2.05, 4.69) is 0 Å². The van der Waals surface area contributed by atoms with Gasteiger partial charge < -0.3 is 14.4 Å². The van der Waals surface area contributed by atoms with Gasteiger partial charge in [-0.05, 0) is 39.3 Å². The van der Waals surface area contributed by atoms with Crippen molar-refractivity contribution < 1.29 is 19.1 Å². The monoisotopic (exact) mass is 265 g/mol. The zero-order valence-corrected chi connectivity index (χ0v) is 11.4. The van der Waals surface area contributed by atoms with Gasteiger partial charge in [0.15, 0.2) is 0 Å². The summed E-state index contributed by atoms with van der Waals surface area (Å²) in [5, 5.41) is 8.90. The third-order valence-electron chi connectivity index (χ3n) is 3.45. The highest BCUT2D eigenvalue weighted by Crippen LogP contribution is 2.40. The predicted molar refractivity (Wildman–Crippen MR) is 68.4 cm³/mol. The standard InChI is InChI=1S/C14H19NO4/c1-8(2)15(7-10-5-4-9(3)19-10)13(16)11-6-12(11)14(17)18/h4-5,8,11-12H,6-7H2,1-3H3,(H,17,18)/t11-,12+/m1/s1. The molecule has 0 aliphatic heterocycles. The molecule has 5 heteroatoms. The van der Waals surface area contributed by atoms with E-state index in [0.29, 0.717) is 13.0 Å². The molecule has 104 valence electrons. The van der Waals surface area contributed by atoms with Gasteiger partial charge in [-0.3, -0.25) is 9.59 Å². The Morgan fingerprint density at radius 3 is 2.53 bits per heavy atom. The zero-order chi connectivity index (χ0) is 14.2. The van der Waals surface area contributed by atoms with E-state index in [-0.39, 0.29) is 17.9 Å². The molecule has 0 unspecified atom stereocenters. The zero-order valence-electron chi connectivity index (χ0n) is 11.4. The van der Waals surface area contributed by atoms with Gasteiger partial charge in [-0.15, -0.1) is 0 Å². The van der Waals surface area contributed by atoms with Crippen molar-refractivity contribution in [3.63, 3.8) is 0 Å². The number of carboxylic acids is 1. The van der Waals surface area contributed by atoms with Crippen LogP contribution in [0.1, 0.15) is 31.8 Å². The lowest BCUT2D eigenvalue weighted by atomic mass is 10.2. The maximum absolute atomic E-state index is 12.3. The van der Waals surface area contributed by atoms with Gasteiger partial charge in [-0.2, -0.15) is 0 Å². The second kappa shape index (κ2) is 5.07. The van der Waals surface area contributed by atoms with Crippen LogP contribution in [-0.2, 0) is 16.1 Å². The van der Waals surface area contributed by atoms with Gasteiger partial charge in [0, 0.05) is 6.04 Å². The minimum atomic E-state index is -0.879.